The van der Waals surface area contributed by atoms with Gasteiger partial charge in [0.05, 0.1) is 0 Å². The van der Waals surface area contributed by atoms with Gasteiger partial charge in [0.15, 0.2) is 0 Å². The molecule has 0 bridgehead atoms. The minimum atomic E-state index is 0.115. The van der Waals surface area contributed by atoms with E-state index in [1.807, 2.05) is 30.0 Å². The lowest BCUT2D eigenvalue weighted by Gasteiger charge is -2.37. The summed E-state index contributed by atoms with van der Waals surface area (Å²) >= 11 is 0. The van der Waals surface area contributed by atoms with Gasteiger partial charge in [-0.05, 0) is 51.5 Å². The van der Waals surface area contributed by atoms with Gasteiger partial charge in [-0.2, -0.15) is 4.98 Å². The van der Waals surface area contributed by atoms with Crippen molar-refractivity contribution in [1.29, 1.82) is 0 Å². The SMILES string of the molecule is Cc1cnc(-n2ccnc2)nc1N1CCCCC1CC(=O)NC(C)CCc1ccccc1. The molecule has 2 unspecified atom stereocenters. The number of anilines is 1. The second kappa shape index (κ2) is 10.4. The molecule has 1 saturated heterocycles. The van der Waals surface area contributed by atoms with Gasteiger partial charge in [0.25, 0.3) is 0 Å². The van der Waals surface area contributed by atoms with Crippen molar-refractivity contribution in [2.75, 3.05) is 11.4 Å². The highest BCUT2D eigenvalue weighted by molar-refractivity contribution is 5.77. The van der Waals surface area contributed by atoms with E-state index in [4.69, 9.17) is 4.98 Å². The molecule has 1 N–H and O–H groups in total. The number of piperidine rings is 1. The van der Waals surface area contributed by atoms with E-state index in [-0.39, 0.29) is 18.0 Å². The van der Waals surface area contributed by atoms with E-state index in [0.717, 1.165) is 50.0 Å². The molecule has 2 atom stereocenters. The molecule has 168 valence electrons. The molecule has 0 spiro atoms. The number of aromatic nitrogens is 4. The Labute approximate surface area is 189 Å². The molecule has 0 radical (unpaired) electrons. The molecule has 1 aliphatic heterocycles. The molecule has 1 aromatic carbocycles. The van der Waals surface area contributed by atoms with Crippen LogP contribution in [0.15, 0.2) is 55.2 Å². The van der Waals surface area contributed by atoms with Crippen molar-refractivity contribution in [2.45, 2.75) is 64.5 Å². The summed E-state index contributed by atoms with van der Waals surface area (Å²) in [4.78, 5) is 28.5. The lowest BCUT2D eigenvalue weighted by molar-refractivity contribution is -0.122. The van der Waals surface area contributed by atoms with Crippen LogP contribution in [0, 0.1) is 6.92 Å². The van der Waals surface area contributed by atoms with Crippen LogP contribution in [0.3, 0.4) is 0 Å². The second-order valence-electron chi connectivity index (χ2n) is 8.69. The number of hydrogen-bond donors (Lipinski definition) is 1. The number of benzene rings is 1. The normalized spacial score (nSPS) is 17.2. The van der Waals surface area contributed by atoms with Crippen LogP contribution in [-0.4, -0.2) is 44.1 Å². The minimum Gasteiger partial charge on any atom is -0.354 e. The Morgan fingerprint density at radius 2 is 2.09 bits per heavy atom. The fourth-order valence-corrected chi connectivity index (χ4v) is 4.36. The highest BCUT2D eigenvalue weighted by Crippen LogP contribution is 2.28. The first-order valence-electron chi connectivity index (χ1n) is 11.5. The minimum absolute atomic E-state index is 0.115. The zero-order valence-electron chi connectivity index (χ0n) is 18.9. The summed E-state index contributed by atoms with van der Waals surface area (Å²) in [6, 6.07) is 10.7. The number of nitrogens with zero attached hydrogens (tertiary/aromatic N) is 5. The molecular weight excluding hydrogens is 400 g/mol. The quantitative estimate of drug-likeness (QED) is 0.585. The number of nitrogens with one attached hydrogen (secondary N) is 1. The topological polar surface area (TPSA) is 75.9 Å². The first-order chi connectivity index (χ1) is 15.6. The predicted molar refractivity (Wildman–Crippen MR) is 126 cm³/mol. The van der Waals surface area contributed by atoms with Gasteiger partial charge in [-0.1, -0.05) is 30.3 Å². The molecule has 4 rings (SSSR count). The summed E-state index contributed by atoms with van der Waals surface area (Å²) in [5.74, 6) is 1.63. The average Bonchev–Trinajstić information content (AvgIpc) is 3.34. The Hall–Kier alpha value is -3.22. The summed E-state index contributed by atoms with van der Waals surface area (Å²) in [6.07, 6.45) is 12.7. The molecular formula is C25H32N6O. The Kier molecular flexibility index (Phi) is 7.14. The van der Waals surface area contributed by atoms with Crippen LogP contribution in [0.5, 0.6) is 0 Å². The molecule has 1 fully saturated rings. The van der Waals surface area contributed by atoms with E-state index in [2.05, 4.69) is 51.4 Å². The molecule has 1 aliphatic rings. The van der Waals surface area contributed by atoms with Crippen molar-refractivity contribution in [1.82, 2.24) is 24.8 Å². The molecule has 0 aliphatic carbocycles. The maximum absolute atomic E-state index is 12.9. The van der Waals surface area contributed by atoms with Crippen molar-refractivity contribution in [2.24, 2.45) is 0 Å². The lowest BCUT2D eigenvalue weighted by Crippen LogP contribution is -2.45. The molecule has 2 aromatic heterocycles. The Balaban J connectivity index is 1.39. The predicted octanol–water partition coefficient (Wildman–Crippen LogP) is 3.86. The monoisotopic (exact) mass is 432 g/mol. The molecule has 7 nitrogen and oxygen atoms in total. The molecule has 0 saturated carbocycles. The fourth-order valence-electron chi connectivity index (χ4n) is 4.36. The summed E-state index contributed by atoms with van der Waals surface area (Å²) in [7, 11) is 0. The highest BCUT2D eigenvalue weighted by atomic mass is 16.1. The average molecular weight is 433 g/mol. The van der Waals surface area contributed by atoms with Crippen LogP contribution >= 0.6 is 0 Å². The van der Waals surface area contributed by atoms with Crippen molar-refractivity contribution in [3.05, 3.63) is 66.4 Å². The van der Waals surface area contributed by atoms with Gasteiger partial charge in [0.2, 0.25) is 11.9 Å². The van der Waals surface area contributed by atoms with Crippen LogP contribution in [0.4, 0.5) is 5.82 Å². The van der Waals surface area contributed by atoms with Gasteiger partial charge in [-0.15, -0.1) is 0 Å². The number of rotatable bonds is 8. The second-order valence-corrected chi connectivity index (χ2v) is 8.69. The van der Waals surface area contributed by atoms with Gasteiger partial charge in [-0.25, -0.2) is 9.97 Å². The number of hydrogen-bond acceptors (Lipinski definition) is 5. The number of carbonyl (C=O) groups excluding carboxylic acids is 1. The van der Waals surface area contributed by atoms with E-state index in [0.29, 0.717) is 12.4 Å². The molecule has 3 heterocycles. The van der Waals surface area contributed by atoms with E-state index in [1.165, 1.54) is 5.56 Å². The molecule has 7 heteroatoms. The first kappa shape index (κ1) is 22.0. The molecule has 32 heavy (non-hydrogen) atoms. The van der Waals surface area contributed by atoms with Crippen molar-refractivity contribution in [3.63, 3.8) is 0 Å². The van der Waals surface area contributed by atoms with Gasteiger partial charge < -0.3 is 10.2 Å². The van der Waals surface area contributed by atoms with Crippen LogP contribution in [0.25, 0.3) is 5.95 Å². The third-order valence-electron chi connectivity index (χ3n) is 6.10. The smallest absolute Gasteiger partial charge is 0.236 e. The fraction of sp³-hybridized carbons (Fsp3) is 0.440. The summed E-state index contributed by atoms with van der Waals surface area (Å²) in [5, 5.41) is 3.21. The number of amides is 1. The maximum Gasteiger partial charge on any atom is 0.236 e. The zero-order valence-corrected chi connectivity index (χ0v) is 18.9. The van der Waals surface area contributed by atoms with Gasteiger partial charge in [-0.3, -0.25) is 9.36 Å². The van der Waals surface area contributed by atoms with Crippen LogP contribution in [-0.2, 0) is 11.2 Å². The van der Waals surface area contributed by atoms with Crippen LogP contribution in [0.2, 0.25) is 0 Å². The van der Waals surface area contributed by atoms with Crippen LogP contribution in [0.1, 0.15) is 50.2 Å². The van der Waals surface area contributed by atoms with Crippen molar-refractivity contribution < 1.29 is 4.79 Å². The number of aryl methyl sites for hydroxylation is 2. The Morgan fingerprint density at radius 3 is 2.88 bits per heavy atom. The van der Waals surface area contributed by atoms with Gasteiger partial charge in [0.1, 0.15) is 12.1 Å². The summed E-state index contributed by atoms with van der Waals surface area (Å²) < 4.78 is 1.81. The Morgan fingerprint density at radius 1 is 1.25 bits per heavy atom. The zero-order chi connectivity index (χ0) is 22.3. The third-order valence-corrected chi connectivity index (χ3v) is 6.10. The first-order valence-corrected chi connectivity index (χ1v) is 11.5. The van der Waals surface area contributed by atoms with Gasteiger partial charge >= 0.3 is 0 Å². The third kappa shape index (κ3) is 5.52. The molecule has 3 aromatic rings. The van der Waals surface area contributed by atoms with Crippen molar-refractivity contribution >= 4 is 11.7 Å². The van der Waals surface area contributed by atoms with Gasteiger partial charge in [0, 0.05) is 49.2 Å². The standard InChI is InChI=1S/C25H32N6O/c1-19-17-27-25(30-15-13-26-18-30)29-24(19)31-14-7-6-10-22(31)16-23(32)28-20(2)11-12-21-8-4-3-5-9-21/h3-5,8-9,13,15,17-18,20,22H,6-7,10-12,14,16H2,1-2H3,(H,28,32). The van der Waals surface area contributed by atoms with E-state index < -0.39 is 0 Å². The van der Waals surface area contributed by atoms with Crippen LogP contribution < -0.4 is 10.2 Å². The summed E-state index contributed by atoms with van der Waals surface area (Å²) in [6.45, 7) is 5.03. The van der Waals surface area contributed by atoms with E-state index in [1.54, 1.807) is 12.5 Å². The highest BCUT2D eigenvalue weighted by Gasteiger charge is 2.27. The van der Waals surface area contributed by atoms with E-state index in [9.17, 15) is 4.79 Å². The number of imidazole rings is 1. The summed E-state index contributed by atoms with van der Waals surface area (Å²) in [5.41, 5.74) is 2.33. The van der Waals surface area contributed by atoms with E-state index >= 15 is 0 Å². The Bertz CT molecular complexity index is 1000. The lowest BCUT2D eigenvalue weighted by atomic mass is 9.98. The largest absolute Gasteiger partial charge is 0.354 e. The maximum atomic E-state index is 12.9. The van der Waals surface area contributed by atoms with Crippen molar-refractivity contribution in [3.8, 4) is 5.95 Å². The number of carbonyl (C=O) groups is 1. The molecule has 1 amide bonds.